The third-order valence-electron chi connectivity index (χ3n) is 4.13. The predicted molar refractivity (Wildman–Crippen MR) is 127 cm³/mol. The Bertz CT molecular complexity index is 870. The molecule has 0 saturated heterocycles. The molecule has 0 radical (unpaired) electrons. The zero-order chi connectivity index (χ0) is 25.2. The summed E-state index contributed by atoms with van der Waals surface area (Å²) in [6.45, 7) is 5.23. The van der Waals surface area contributed by atoms with Crippen molar-refractivity contribution in [2.75, 3.05) is 32.2 Å². The summed E-state index contributed by atoms with van der Waals surface area (Å²) in [5, 5.41) is 10.4. The van der Waals surface area contributed by atoms with Crippen LogP contribution < -0.4 is 15.2 Å². The maximum Gasteiger partial charge on any atom is 0.305 e. The number of nitro benzene ring substituents is 1. The van der Waals surface area contributed by atoms with E-state index in [1.165, 1.54) is 24.3 Å². The van der Waals surface area contributed by atoms with Crippen molar-refractivity contribution in [2.24, 2.45) is 0 Å². The molecule has 0 aliphatic heterocycles. The number of nitro groups is 1. The molecule has 10 heteroatoms. The molecule has 0 fully saturated rings. The molecule has 2 N–H and O–H groups in total. The molecule has 34 heavy (non-hydrogen) atoms. The number of carbonyl (C=O) groups excluding carboxylic acids is 2. The number of nitrogen functional groups attached to an aromatic ring is 1. The number of nitrogens with zero attached hydrogens (tertiary/aromatic N) is 1. The zero-order valence-electron chi connectivity index (χ0n) is 19.6. The molecule has 0 atom stereocenters. The normalized spacial score (nSPS) is 9.82. The number of non-ortho nitro benzene ring substituents is 1. The molecule has 186 valence electrons. The quantitative estimate of drug-likeness (QED) is 0.147. The van der Waals surface area contributed by atoms with Crippen molar-refractivity contribution >= 4 is 23.3 Å². The molecule has 2 aromatic rings. The minimum atomic E-state index is -0.468. The number of nitrogens with two attached hydrogens (primary N) is 1. The highest BCUT2D eigenvalue weighted by atomic mass is 16.6. The fourth-order valence-corrected chi connectivity index (χ4v) is 2.51. The minimum Gasteiger partial charge on any atom is -0.494 e. The number of hydrogen-bond acceptors (Lipinski definition) is 9. The molecular weight excluding hydrogens is 444 g/mol. The summed E-state index contributed by atoms with van der Waals surface area (Å²) >= 11 is 0. The number of anilines is 1. The fourth-order valence-electron chi connectivity index (χ4n) is 2.51. The van der Waals surface area contributed by atoms with Gasteiger partial charge in [-0.1, -0.05) is 0 Å². The van der Waals surface area contributed by atoms with E-state index in [9.17, 15) is 19.7 Å². The summed E-state index contributed by atoms with van der Waals surface area (Å²) < 4.78 is 20.3. The van der Waals surface area contributed by atoms with Gasteiger partial charge < -0.3 is 24.7 Å². The van der Waals surface area contributed by atoms with Crippen LogP contribution in [0.1, 0.15) is 39.5 Å². The molecule has 0 bridgehead atoms. The second-order valence-corrected chi connectivity index (χ2v) is 6.83. The molecule has 0 saturated carbocycles. The Morgan fingerprint density at radius 3 is 1.59 bits per heavy atom. The van der Waals surface area contributed by atoms with Crippen molar-refractivity contribution in [2.45, 2.75) is 39.5 Å². The van der Waals surface area contributed by atoms with Gasteiger partial charge in [0.05, 0.1) is 31.4 Å². The Hall–Kier alpha value is -3.82. The van der Waals surface area contributed by atoms with Crippen LogP contribution in [0.25, 0.3) is 0 Å². The first-order valence-electron chi connectivity index (χ1n) is 11.0. The first-order chi connectivity index (χ1) is 16.3. The zero-order valence-corrected chi connectivity index (χ0v) is 19.6. The van der Waals surface area contributed by atoms with Gasteiger partial charge in [-0.3, -0.25) is 19.7 Å². The minimum absolute atomic E-state index is 0.0221. The number of ether oxygens (including phenoxy) is 4. The summed E-state index contributed by atoms with van der Waals surface area (Å²) in [5.41, 5.74) is 6.27. The van der Waals surface area contributed by atoms with Gasteiger partial charge >= 0.3 is 11.9 Å². The molecule has 0 heterocycles. The van der Waals surface area contributed by atoms with E-state index in [2.05, 4.69) is 0 Å². The van der Waals surface area contributed by atoms with Gasteiger partial charge in [-0.25, -0.2) is 0 Å². The van der Waals surface area contributed by atoms with Crippen LogP contribution in [0.2, 0.25) is 0 Å². The van der Waals surface area contributed by atoms with Crippen LogP contribution in [0.5, 0.6) is 11.5 Å². The second kappa shape index (κ2) is 16.8. The van der Waals surface area contributed by atoms with E-state index in [0.29, 0.717) is 63.5 Å². The number of hydrogen-bond donors (Lipinski definition) is 1. The van der Waals surface area contributed by atoms with E-state index in [-0.39, 0.29) is 17.6 Å². The predicted octanol–water partition coefficient (Wildman–Crippen LogP) is 4.31. The lowest BCUT2D eigenvalue weighted by Gasteiger charge is -2.06. The van der Waals surface area contributed by atoms with Gasteiger partial charge in [0.15, 0.2) is 0 Å². The molecule has 2 rings (SSSR count). The molecule has 0 aromatic heterocycles. The Morgan fingerprint density at radius 2 is 1.21 bits per heavy atom. The van der Waals surface area contributed by atoms with Gasteiger partial charge in [0.25, 0.3) is 5.69 Å². The van der Waals surface area contributed by atoms with Crippen LogP contribution in [0.3, 0.4) is 0 Å². The Kier molecular flexibility index (Phi) is 13.9. The van der Waals surface area contributed by atoms with Crippen molar-refractivity contribution in [3.63, 3.8) is 0 Å². The van der Waals surface area contributed by atoms with Gasteiger partial charge in [0, 0.05) is 30.7 Å². The van der Waals surface area contributed by atoms with E-state index >= 15 is 0 Å². The van der Waals surface area contributed by atoms with Gasteiger partial charge in [-0.15, -0.1) is 0 Å². The Morgan fingerprint density at radius 1 is 0.794 bits per heavy atom. The summed E-state index contributed by atoms with van der Waals surface area (Å²) in [6.07, 6.45) is 1.91. The lowest BCUT2D eigenvalue weighted by Crippen LogP contribution is -2.06. The van der Waals surface area contributed by atoms with Crippen LogP contribution in [0.4, 0.5) is 11.4 Å². The van der Waals surface area contributed by atoms with E-state index < -0.39 is 4.92 Å². The summed E-state index contributed by atoms with van der Waals surface area (Å²) in [6, 6.07) is 13.0. The fraction of sp³-hybridized carbons (Fsp3) is 0.417. The first kappa shape index (κ1) is 28.2. The maximum absolute atomic E-state index is 11.0. The highest BCUT2D eigenvalue weighted by molar-refractivity contribution is 5.69. The third kappa shape index (κ3) is 12.9. The standard InChI is InChI=1S/C12H15NO5.C12H17NO3/c1-2-17-12(14)4-3-9-18-11-7-5-10(6-8-11)13(15)16;1-2-15-12(14)4-3-9-16-11-7-5-10(13)6-8-11/h5-8H,2-4,9H2,1H3;5-8H,2-4,9,13H2,1H3. The van der Waals surface area contributed by atoms with Crippen LogP contribution in [0, 0.1) is 10.1 Å². The van der Waals surface area contributed by atoms with Crippen molar-refractivity contribution in [1.29, 1.82) is 0 Å². The third-order valence-corrected chi connectivity index (χ3v) is 4.13. The van der Waals surface area contributed by atoms with Gasteiger partial charge in [0.1, 0.15) is 11.5 Å². The van der Waals surface area contributed by atoms with Crippen LogP contribution in [0.15, 0.2) is 48.5 Å². The number of esters is 2. The smallest absolute Gasteiger partial charge is 0.305 e. The van der Waals surface area contributed by atoms with Crippen molar-refractivity contribution < 1.29 is 33.5 Å². The molecule has 2 aromatic carbocycles. The van der Waals surface area contributed by atoms with E-state index in [1.807, 2.05) is 0 Å². The number of benzene rings is 2. The Labute approximate surface area is 199 Å². The molecule has 0 amide bonds. The van der Waals surface area contributed by atoms with Crippen molar-refractivity contribution in [3.05, 3.63) is 58.6 Å². The van der Waals surface area contributed by atoms with Crippen molar-refractivity contribution in [1.82, 2.24) is 0 Å². The van der Waals surface area contributed by atoms with E-state index in [0.717, 1.165) is 5.75 Å². The van der Waals surface area contributed by atoms with E-state index in [1.54, 1.807) is 38.1 Å². The van der Waals surface area contributed by atoms with Crippen LogP contribution in [-0.2, 0) is 19.1 Å². The number of carbonyl (C=O) groups is 2. The summed E-state index contributed by atoms with van der Waals surface area (Å²) in [7, 11) is 0. The lowest BCUT2D eigenvalue weighted by atomic mass is 10.3. The van der Waals surface area contributed by atoms with Gasteiger partial charge in [-0.2, -0.15) is 0 Å². The number of rotatable bonds is 13. The molecule has 0 spiro atoms. The van der Waals surface area contributed by atoms with Gasteiger partial charge in [0.2, 0.25) is 0 Å². The molecule has 10 nitrogen and oxygen atoms in total. The summed E-state index contributed by atoms with van der Waals surface area (Å²) in [4.78, 5) is 32.0. The largest absolute Gasteiger partial charge is 0.494 e. The average Bonchev–Trinajstić information content (AvgIpc) is 2.82. The lowest BCUT2D eigenvalue weighted by molar-refractivity contribution is -0.384. The maximum atomic E-state index is 11.0. The first-order valence-corrected chi connectivity index (χ1v) is 11.0. The molecule has 0 aliphatic rings. The van der Waals surface area contributed by atoms with Crippen LogP contribution in [-0.4, -0.2) is 43.3 Å². The van der Waals surface area contributed by atoms with Crippen LogP contribution >= 0.6 is 0 Å². The van der Waals surface area contributed by atoms with Crippen molar-refractivity contribution in [3.8, 4) is 11.5 Å². The molecular formula is C24H32N2O8. The summed E-state index contributed by atoms with van der Waals surface area (Å²) in [5.74, 6) is 0.885. The monoisotopic (exact) mass is 476 g/mol. The van der Waals surface area contributed by atoms with E-state index in [4.69, 9.17) is 24.7 Å². The average molecular weight is 477 g/mol. The molecule has 0 aliphatic carbocycles. The molecule has 0 unspecified atom stereocenters. The topological polar surface area (TPSA) is 140 Å². The Balaban J connectivity index is 0.000000342. The second-order valence-electron chi connectivity index (χ2n) is 6.83. The SMILES string of the molecule is CCOC(=O)CCCOc1ccc(N)cc1.CCOC(=O)CCCOc1ccc([N+](=O)[O-])cc1. The highest BCUT2D eigenvalue weighted by Crippen LogP contribution is 2.17. The highest BCUT2D eigenvalue weighted by Gasteiger charge is 2.05. The van der Waals surface area contributed by atoms with Gasteiger partial charge in [-0.05, 0) is 63.1 Å².